The fraction of sp³-hybridized carbons (Fsp3) is 1.00. The van der Waals surface area contributed by atoms with Crippen molar-refractivity contribution in [3.8, 4) is 0 Å². The van der Waals surface area contributed by atoms with E-state index in [1.165, 1.54) is 7.05 Å². The van der Waals surface area contributed by atoms with Gasteiger partial charge in [-0.15, -0.1) is 12.4 Å². The lowest BCUT2D eigenvalue weighted by Gasteiger charge is -2.11. The Morgan fingerprint density at radius 1 is 1.55 bits per heavy atom. The van der Waals surface area contributed by atoms with E-state index in [1.807, 2.05) is 0 Å². The summed E-state index contributed by atoms with van der Waals surface area (Å²) >= 11 is 0. The zero-order valence-electron chi connectivity index (χ0n) is 6.57. The molecule has 3 N–H and O–H groups in total. The lowest BCUT2D eigenvalue weighted by Crippen LogP contribution is -2.37. The van der Waals surface area contributed by atoms with Crippen LogP contribution >= 0.6 is 12.4 Å². The summed E-state index contributed by atoms with van der Waals surface area (Å²) in [5, 5.41) is 7.60. The largest absolute Gasteiger partial charge is 0.318 e. The number of nitrogens with two attached hydrogens (primary N) is 1. The molecule has 0 amide bonds. The molecule has 0 aliphatic heterocycles. The van der Waals surface area contributed by atoms with Crippen molar-refractivity contribution in [3.05, 3.63) is 0 Å². The van der Waals surface area contributed by atoms with E-state index >= 15 is 0 Å². The molecule has 0 aliphatic carbocycles. The van der Waals surface area contributed by atoms with Crippen LogP contribution < -0.4 is 10.5 Å². The maximum atomic E-state index is 10.5. The van der Waals surface area contributed by atoms with Crippen LogP contribution in [0.25, 0.3) is 0 Å². The van der Waals surface area contributed by atoms with E-state index in [0.717, 1.165) is 4.31 Å². The summed E-state index contributed by atoms with van der Waals surface area (Å²) in [4.78, 5) is 0. The molecule has 0 aromatic heterocycles. The molecule has 0 saturated carbocycles. The quantitative estimate of drug-likeness (QED) is 0.601. The van der Waals surface area contributed by atoms with E-state index in [9.17, 15) is 8.42 Å². The topological polar surface area (TPSA) is 75.4 Å². The molecule has 11 heavy (non-hydrogen) atoms. The van der Waals surface area contributed by atoms with Gasteiger partial charge in [0.05, 0.1) is 0 Å². The van der Waals surface area contributed by atoms with Gasteiger partial charge in [0.1, 0.15) is 0 Å². The van der Waals surface area contributed by atoms with Gasteiger partial charge in [0.25, 0.3) is 10.2 Å². The second kappa shape index (κ2) is 5.73. The van der Waals surface area contributed by atoms with Gasteiger partial charge in [-0.25, -0.2) is 5.14 Å². The molecule has 0 aliphatic rings. The van der Waals surface area contributed by atoms with E-state index < -0.39 is 10.2 Å². The molecule has 0 saturated heterocycles. The summed E-state index contributed by atoms with van der Waals surface area (Å²) in [5.41, 5.74) is 0. The first-order valence-corrected chi connectivity index (χ1v) is 4.37. The van der Waals surface area contributed by atoms with Gasteiger partial charge in [-0.1, -0.05) is 0 Å². The molecule has 0 fully saturated rings. The highest BCUT2D eigenvalue weighted by Crippen LogP contribution is 1.85. The second-order valence-electron chi connectivity index (χ2n) is 1.97. The van der Waals surface area contributed by atoms with Gasteiger partial charge in [-0.2, -0.15) is 12.7 Å². The van der Waals surface area contributed by atoms with Crippen molar-refractivity contribution in [2.24, 2.45) is 5.14 Å². The Labute approximate surface area is 73.5 Å². The highest BCUT2D eigenvalue weighted by Gasteiger charge is 2.08. The van der Waals surface area contributed by atoms with Crippen LogP contribution in [-0.2, 0) is 10.2 Å². The average molecular weight is 204 g/mol. The molecule has 0 unspecified atom stereocenters. The molecule has 0 heterocycles. The zero-order chi connectivity index (χ0) is 8.20. The summed E-state index contributed by atoms with van der Waals surface area (Å²) in [6.07, 6.45) is 0. The van der Waals surface area contributed by atoms with Gasteiger partial charge in [0, 0.05) is 20.1 Å². The molecule has 0 rings (SSSR count). The van der Waals surface area contributed by atoms with Crippen molar-refractivity contribution in [1.29, 1.82) is 0 Å². The first kappa shape index (κ1) is 13.7. The molecule has 5 nitrogen and oxygen atoms in total. The lowest BCUT2D eigenvalue weighted by atomic mass is 10.6. The molecule has 0 atom stereocenters. The molecule has 0 bridgehead atoms. The Kier molecular flexibility index (Phi) is 7.13. The normalized spacial score (nSPS) is 11.3. The standard InChI is InChI=1S/C4H13N3O2S.ClH/c1-6-3-4-7(2)10(5,8)9;/h6H,3-4H2,1-2H3,(H2,5,8,9);1H. The van der Waals surface area contributed by atoms with Crippen LogP contribution in [0.2, 0.25) is 0 Å². The summed E-state index contributed by atoms with van der Waals surface area (Å²) < 4.78 is 22.1. The zero-order valence-corrected chi connectivity index (χ0v) is 8.20. The maximum Gasteiger partial charge on any atom is 0.276 e. The molecular formula is C4H14ClN3O2S. The molecule has 0 aromatic rings. The number of nitrogens with zero attached hydrogens (tertiary/aromatic N) is 1. The minimum atomic E-state index is -3.48. The first-order chi connectivity index (χ1) is 4.48. The van der Waals surface area contributed by atoms with Crippen LogP contribution in [0.15, 0.2) is 0 Å². The first-order valence-electron chi connectivity index (χ1n) is 2.87. The lowest BCUT2D eigenvalue weighted by molar-refractivity contribution is 0.467. The van der Waals surface area contributed by atoms with Crippen LogP contribution in [-0.4, -0.2) is 39.9 Å². The van der Waals surface area contributed by atoms with Crippen LogP contribution in [0.3, 0.4) is 0 Å². The third kappa shape index (κ3) is 6.52. The number of hydrogen-bond donors (Lipinski definition) is 2. The van der Waals surface area contributed by atoms with Gasteiger partial charge in [-0.05, 0) is 7.05 Å². The molecule has 0 spiro atoms. The second-order valence-corrected chi connectivity index (χ2v) is 3.62. The van der Waals surface area contributed by atoms with Crippen LogP contribution in [0, 0.1) is 0 Å². The van der Waals surface area contributed by atoms with Crippen molar-refractivity contribution >= 4 is 22.6 Å². The third-order valence-electron chi connectivity index (χ3n) is 1.11. The van der Waals surface area contributed by atoms with E-state index in [2.05, 4.69) is 5.32 Å². The smallest absolute Gasteiger partial charge is 0.276 e. The predicted octanol–water partition coefficient (Wildman–Crippen LogP) is -1.24. The number of rotatable bonds is 4. The van der Waals surface area contributed by atoms with Gasteiger partial charge in [0.2, 0.25) is 0 Å². The van der Waals surface area contributed by atoms with Crippen molar-refractivity contribution in [2.75, 3.05) is 27.2 Å². The van der Waals surface area contributed by atoms with Gasteiger partial charge in [-0.3, -0.25) is 0 Å². The van der Waals surface area contributed by atoms with E-state index in [0.29, 0.717) is 13.1 Å². The third-order valence-corrected chi connectivity index (χ3v) is 2.16. The minimum absolute atomic E-state index is 0. The number of hydrogen-bond acceptors (Lipinski definition) is 3. The highest BCUT2D eigenvalue weighted by molar-refractivity contribution is 7.86. The van der Waals surface area contributed by atoms with Crippen LogP contribution in [0.5, 0.6) is 0 Å². The van der Waals surface area contributed by atoms with E-state index in [1.54, 1.807) is 7.05 Å². The Bertz CT molecular complexity index is 182. The van der Waals surface area contributed by atoms with Crippen molar-refractivity contribution in [2.45, 2.75) is 0 Å². The van der Waals surface area contributed by atoms with Gasteiger partial charge >= 0.3 is 0 Å². The number of likely N-dealkylation sites (N-methyl/N-ethyl adjacent to an activating group) is 2. The fourth-order valence-corrected chi connectivity index (χ4v) is 0.742. The highest BCUT2D eigenvalue weighted by atomic mass is 35.5. The minimum Gasteiger partial charge on any atom is -0.318 e. The maximum absolute atomic E-state index is 10.5. The predicted molar refractivity (Wildman–Crippen MR) is 46.9 cm³/mol. The molecule has 7 heteroatoms. The number of halogens is 1. The Balaban J connectivity index is 0. The molecule has 70 valence electrons. The van der Waals surface area contributed by atoms with Crippen LogP contribution in [0.4, 0.5) is 0 Å². The van der Waals surface area contributed by atoms with E-state index in [4.69, 9.17) is 5.14 Å². The molecular weight excluding hydrogens is 190 g/mol. The Morgan fingerprint density at radius 3 is 2.27 bits per heavy atom. The van der Waals surface area contributed by atoms with Gasteiger partial charge < -0.3 is 5.32 Å². The summed E-state index contributed by atoms with van der Waals surface area (Å²) in [7, 11) is -0.298. The Hall–Kier alpha value is 0.120. The Morgan fingerprint density at radius 2 is 2.00 bits per heavy atom. The average Bonchev–Trinajstić information content (AvgIpc) is 1.80. The van der Waals surface area contributed by atoms with Crippen molar-refractivity contribution in [1.82, 2.24) is 9.62 Å². The van der Waals surface area contributed by atoms with E-state index in [-0.39, 0.29) is 12.4 Å². The monoisotopic (exact) mass is 203 g/mol. The summed E-state index contributed by atoms with van der Waals surface area (Å²) in [6, 6.07) is 0. The fourth-order valence-electron chi connectivity index (χ4n) is 0.396. The van der Waals surface area contributed by atoms with Gasteiger partial charge in [0.15, 0.2) is 0 Å². The van der Waals surface area contributed by atoms with Crippen LogP contribution in [0.1, 0.15) is 0 Å². The molecule has 0 aromatic carbocycles. The SMILES string of the molecule is CNCCN(C)S(N)(=O)=O.Cl. The number of nitrogens with one attached hydrogen (secondary N) is 1. The van der Waals surface area contributed by atoms with Crippen molar-refractivity contribution < 1.29 is 8.42 Å². The van der Waals surface area contributed by atoms with Crippen molar-refractivity contribution in [3.63, 3.8) is 0 Å². The summed E-state index contributed by atoms with van der Waals surface area (Å²) in [6.45, 7) is 1.00. The summed E-state index contributed by atoms with van der Waals surface area (Å²) in [5.74, 6) is 0. The molecule has 0 radical (unpaired) electrons.